The lowest BCUT2D eigenvalue weighted by molar-refractivity contribution is -0.889. The standard InChI is InChI=1S/C15H31N.BF4/c1-3-4-5-6-7-8-9-10-12-16-13-11-15(2)14-16;2-1(3,4)5/h15H,3-14H2,1-2H3;/q;-1/p+1. The number of unbranched alkanes of at least 4 members (excludes halogenated alkanes) is 7. The Balaban J connectivity index is 0.000000690. The molecule has 1 aliphatic heterocycles. The topological polar surface area (TPSA) is 4.44 Å². The molecule has 0 bridgehead atoms. The van der Waals surface area contributed by atoms with Gasteiger partial charge in [0, 0.05) is 12.3 Å². The quantitative estimate of drug-likeness (QED) is 0.367. The molecule has 1 fully saturated rings. The molecule has 0 amide bonds. The highest BCUT2D eigenvalue weighted by Gasteiger charge is 2.21. The Morgan fingerprint density at radius 3 is 1.81 bits per heavy atom. The van der Waals surface area contributed by atoms with Crippen LogP contribution in [-0.4, -0.2) is 26.9 Å². The van der Waals surface area contributed by atoms with E-state index in [0.29, 0.717) is 0 Å². The van der Waals surface area contributed by atoms with Crippen molar-refractivity contribution < 1.29 is 22.2 Å². The first-order valence-electron chi connectivity index (χ1n) is 8.53. The number of likely N-dealkylation sites (tertiary alicyclic amines) is 1. The summed E-state index contributed by atoms with van der Waals surface area (Å²) in [6.45, 7) is 9.02. The zero-order valence-corrected chi connectivity index (χ0v) is 13.7. The van der Waals surface area contributed by atoms with Crippen molar-refractivity contribution in [3.8, 4) is 0 Å². The van der Waals surface area contributed by atoms with Crippen molar-refractivity contribution in [1.29, 1.82) is 0 Å². The van der Waals surface area contributed by atoms with Crippen LogP contribution in [0.5, 0.6) is 0 Å². The second kappa shape index (κ2) is 12.3. The normalized spacial score (nSPS) is 22.0. The molecule has 0 aromatic rings. The summed E-state index contributed by atoms with van der Waals surface area (Å²) >= 11 is 0. The highest BCUT2D eigenvalue weighted by Crippen LogP contribution is 2.08. The molecule has 0 aliphatic carbocycles. The van der Waals surface area contributed by atoms with Crippen molar-refractivity contribution in [2.75, 3.05) is 19.6 Å². The Hall–Kier alpha value is -0.255. The zero-order chi connectivity index (χ0) is 16.1. The third kappa shape index (κ3) is 17.7. The van der Waals surface area contributed by atoms with Crippen molar-refractivity contribution >= 4 is 7.25 Å². The van der Waals surface area contributed by atoms with E-state index in [1.54, 1.807) is 0 Å². The van der Waals surface area contributed by atoms with E-state index in [0.717, 1.165) is 5.92 Å². The number of halogens is 4. The molecule has 0 spiro atoms. The summed E-state index contributed by atoms with van der Waals surface area (Å²) in [6.07, 6.45) is 13.1. The van der Waals surface area contributed by atoms with Gasteiger partial charge in [0.2, 0.25) is 0 Å². The van der Waals surface area contributed by atoms with Gasteiger partial charge in [-0.05, 0) is 12.8 Å². The lowest BCUT2D eigenvalue weighted by Gasteiger charge is -2.12. The predicted octanol–water partition coefficient (Wildman–Crippen LogP) is 4.35. The lowest BCUT2D eigenvalue weighted by atomic mass is 10.1. The summed E-state index contributed by atoms with van der Waals surface area (Å²) in [4.78, 5) is 1.87. The van der Waals surface area contributed by atoms with Crippen molar-refractivity contribution in [2.45, 2.75) is 71.6 Å². The van der Waals surface area contributed by atoms with Crippen LogP contribution in [0.3, 0.4) is 0 Å². The smallest absolute Gasteiger partial charge is 0.418 e. The van der Waals surface area contributed by atoms with Gasteiger partial charge in [-0.25, -0.2) is 0 Å². The van der Waals surface area contributed by atoms with Crippen LogP contribution in [-0.2, 0) is 0 Å². The summed E-state index contributed by atoms with van der Waals surface area (Å²) in [7, 11) is -6.00. The molecule has 0 aromatic heterocycles. The molecule has 1 rings (SSSR count). The van der Waals surface area contributed by atoms with Gasteiger partial charge < -0.3 is 22.2 Å². The molecule has 21 heavy (non-hydrogen) atoms. The molecule has 1 aliphatic rings. The van der Waals surface area contributed by atoms with Crippen LogP contribution < -0.4 is 4.90 Å². The van der Waals surface area contributed by atoms with E-state index >= 15 is 0 Å². The van der Waals surface area contributed by atoms with Crippen LogP contribution >= 0.6 is 0 Å². The van der Waals surface area contributed by atoms with Crippen LogP contribution in [0.25, 0.3) is 0 Å². The fourth-order valence-corrected chi connectivity index (χ4v) is 2.88. The third-order valence-electron chi connectivity index (χ3n) is 4.01. The fraction of sp³-hybridized carbons (Fsp3) is 1.00. The highest BCUT2D eigenvalue weighted by atomic mass is 19.5. The van der Waals surface area contributed by atoms with Crippen LogP contribution in [0.2, 0.25) is 0 Å². The minimum Gasteiger partial charge on any atom is -0.418 e. The average Bonchev–Trinajstić information content (AvgIpc) is 2.76. The van der Waals surface area contributed by atoms with Crippen LogP contribution in [0.4, 0.5) is 17.3 Å². The van der Waals surface area contributed by atoms with Gasteiger partial charge in [0.15, 0.2) is 0 Å². The van der Waals surface area contributed by atoms with Crippen molar-refractivity contribution in [1.82, 2.24) is 0 Å². The summed E-state index contributed by atoms with van der Waals surface area (Å²) in [5.74, 6) is 0.990. The maximum Gasteiger partial charge on any atom is 0.673 e. The van der Waals surface area contributed by atoms with E-state index in [9.17, 15) is 17.3 Å². The molecule has 6 heteroatoms. The van der Waals surface area contributed by atoms with Gasteiger partial charge in [-0.15, -0.1) is 0 Å². The summed E-state index contributed by atoms with van der Waals surface area (Å²) < 4.78 is 39.0. The molecule has 2 unspecified atom stereocenters. The molecule has 128 valence electrons. The van der Waals surface area contributed by atoms with Gasteiger partial charge >= 0.3 is 7.25 Å². The van der Waals surface area contributed by atoms with E-state index in [1.165, 1.54) is 77.4 Å². The largest absolute Gasteiger partial charge is 0.673 e. The second-order valence-electron chi connectivity index (χ2n) is 6.32. The van der Waals surface area contributed by atoms with E-state index < -0.39 is 7.25 Å². The number of quaternary nitrogens is 1. The van der Waals surface area contributed by atoms with Gasteiger partial charge in [-0.3, -0.25) is 0 Å². The Bertz CT molecular complexity index is 230. The first-order valence-corrected chi connectivity index (χ1v) is 8.53. The minimum atomic E-state index is -6.00. The molecule has 0 aromatic carbocycles. The summed E-state index contributed by atoms with van der Waals surface area (Å²) in [5.41, 5.74) is 0. The van der Waals surface area contributed by atoms with E-state index in [2.05, 4.69) is 13.8 Å². The number of rotatable bonds is 9. The van der Waals surface area contributed by atoms with Gasteiger partial charge in [-0.2, -0.15) is 0 Å². The molecule has 1 saturated heterocycles. The molecule has 0 saturated carbocycles. The average molecular weight is 313 g/mol. The van der Waals surface area contributed by atoms with Crippen LogP contribution in [0, 0.1) is 5.92 Å². The summed E-state index contributed by atoms with van der Waals surface area (Å²) in [6, 6.07) is 0. The summed E-state index contributed by atoms with van der Waals surface area (Å²) in [5, 5.41) is 0. The van der Waals surface area contributed by atoms with Crippen LogP contribution in [0.15, 0.2) is 0 Å². The van der Waals surface area contributed by atoms with Gasteiger partial charge in [0.05, 0.1) is 19.6 Å². The SMILES string of the molecule is CCCCCCCCCC[NH+]1CCC(C)C1.F[B-](F)(F)F. The number of hydrogen-bond acceptors (Lipinski definition) is 0. The maximum atomic E-state index is 9.75. The van der Waals surface area contributed by atoms with Crippen LogP contribution in [0.1, 0.15) is 71.6 Å². The van der Waals surface area contributed by atoms with Gasteiger partial charge in [-0.1, -0.05) is 52.4 Å². The number of nitrogens with one attached hydrogen (secondary N) is 1. The maximum absolute atomic E-state index is 9.75. The molecule has 1 heterocycles. The number of hydrogen-bond donors (Lipinski definition) is 1. The Morgan fingerprint density at radius 2 is 1.38 bits per heavy atom. The van der Waals surface area contributed by atoms with Gasteiger partial charge in [0.25, 0.3) is 0 Å². The predicted molar refractivity (Wildman–Crippen MR) is 82.1 cm³/mol. The molecule has 1 N–H and O–H groups in total. The van der Waals surface area contributed by atoms with Gasteiger partial charge in [0.1, 0.15) is 0 Å². The van der Waals surface area contributed by atoms with Crippen molar-refractivity contribution in [3.63, 3.8) is 0 Å². The Labute approximate surface area is 127 Å². The Kier molecular flexibility index (Phi) is 12.2. The highest BCUT2D eigenvalue weighted by molar-refractivity contribution is 6.50. The first-order chi connectivity index (χ1) is 9.83. The van der Waals surface area contributed by atoms with E-state index in [-0.39, 0.29) is 0 Å². The zero-order valence-electron chi connectivity index (χ0n) is 13.7. The van der Waals surface area contributed by atoms with E-state index in [4.69, 9.17) is 0 Å². The molecule has 2 atom stereocenters. The van der Waals surface area contributed by atoms with E-state index in [1.807, 2.05) is 4.90 Å². The Morgan fingerprint density at radius 1 is 0.905 bits per heavy atom. The molecular weight excluding hydrogens is 281 g/mol. The monoisotopic (exact) mass is 313 g/mol. The second-order valence-corrected chi connectivity index (χ2v) is 6.32. The lowest BCUT2D eigenvalue weighted by Crippen LogP contribution is -3.10. The third-order valence-corrected chi connectivity index (χ3v) is 4.01. The molecule has 0 radical (unpaired) electrons. The molecule has 1 nitrogen and oxygen atoms in total. The molecular formula is C15H32BF4N. The fourth-order valence-electron chi connectivity index (χ4n) is 2.88. The first kappa shape index (κ1) is 20.7. The minimum absolute atomic E-state index is 0.990. The van der Waals surface area contributed by atoms with Crippen molar-refractivity contribution in [3.05, 3.63) is 0 Å². The van der Waals surface area contributed by atoms with Crippen molar-refractivity contribution in [2.24, 2.45) is 5.92 Å².